The summed E-state index contributed by atoms with van der Waals surface area (Å²) in [6.07, 6.45) is 7.88. The summed E-state index contributed by atoms with van der Waals surface area (Å²) in [4.78, 5) is 4.46. The smallest absolute Gasteiger partial charge is 0.128 e. The van der Waals surface area contributed by atoms with Crippen LogP contribution in [0.25, 0.3) is 0 Å². The highest BCUT2D eigenvalue weighted by molar-refractivity contribution is 5.86. The van der Waals surface area contributed by atoms with Crippen molar-refractivity contribution in [3.8, 4) is 5.75 Å². The number of hydrogen-bond donors (Lipinski definition) is 1. The summed E-state index contributed by atoms with van der Waals surface area (Å²) in [5.74, 6) is 0.395. The maximum atomic E-state index is 10.7. The summed E-state index contributed by atoms with van der Waals surface area (Å²) in [6, 6.07) is 15.8. The molecule has 0 saturated heterocycles. The fraction of sp³-hybridized carbons (Fsp3) is 0.350. The van der Waals surface area contributed by atoms with Crippen molar-refractivity contribution in [1.29, 1.82) is 0 Å². The van der Waals surface area contributed by atoms with E-state index in [0.29, 0.717) is 5.75 Å². The SMILES string of the molecule is CC1(c2cccc(C=Nc3ccccc3)c2O)CCCCC1. The van der Waals surface area contributed by atoms with Crippen molar-refractivity contribution in [2.45, 2.75) is 44.4 Å². The van der Waals surface area contributed by atoms with Crippen LogP contribution in [0.2, 0.25) is 0 Å². The number of rotatable bonds is 3. The molecule has 0 unspecified atom stereocenters. The van der Waals surface area contributed by atoms with Gasteiger partial charge in [0.15, 0.2) is 0 Å². The fourth-order valence-corrected chi connectivity index (χ4v) is 3.41. The molecule has 0 atom stereocenters. The van der Waals surface area contributed by atoms with Crippen LogP contribution in [0.5, 0.6) is 5.75 Å². The highest BCUT2D eigenvalue weighted by Gasteiger charge is 2.31. The molecule has 2 heteroatoms. The van der Waals surface area contributed by atoms with Crippen LogP contribution in [0.1, 0.15) is 50.2 Å². The minimum absolute atomic E-state index is 0.0962. The molecule has 0 radical (unpaired) electrons. The van der Waals surface area contributed by atoms with Gasteiger partial charge in [0.2, 0.25) is 0 Å². The molecule has 1 N–H and O–H groups in total. The molecular formula is C20H23NO. The Morgan fingerprint density at radius 3 is 2.41 bits per heavy atom. The van der Waals surface area contributed by atoms with Gasteiger partial charge in [0.1, 0.15) is 5.75 Å². The average molecular weight is 293 g/mol. The maximum Gasteiger partial charge on any atom is 0.128 e. The summed E-state index contributed by atoms with van der Waals surface area (Å²) in [5, 5.41) is 10.7. The van der Waals surface area contributed by atoms with Crippen LogP contribution < -0.4 is 0 Å². The Morgan fingerprint density at radius 1 is 0.955 bits per heavy atom. The van der Waals surface area contributed by atoms with E-state index in [2.05, 4.69) is 18.0 Å². The quantitative estimate of drug-likeness (QED) is 0.759. The molecule has 2 aromatic rings. The minimum atomic E-state index is 0.0962. The lowest BCUT2D eigenvalue weighted by Gasteiger charge is -2.34. The molecule has 0 aromatic heterocycles. The van der Waals surface area contributed by atoms with Crippen LogP contribution in [0, 0.1) is 0 Å². The van der Waals surface area contributed by atoms with Crippen LogP contribution in [0.4, 0.5) is 5.69 Å². The van der Waals surface area contributed by atoms with Gasteiger partial charge in [-0.05, 0) is 36.5 Å². The number of aliphatic imine (C=N–C) groups is 1. The van der Waals surface area contributed by atoms with E-state index in [1.807, 2.05) is 42.5 Å². The van der Waals surface area contributed by atoms with Gasteiger partial charge < -0.3 is 5.11 Å². The Hall–Kier alpha value is -2.09. The van der Waals surface area contributed by atoms with E-state index in [0.717, 1.165) is 29.7 Å². The Bertz CT molecular complexity index is 655. The lowest BCUT2D eigenvalue weighted by Crippen LogP contribution is -2.25. The van der Waals surface area contributed by atoms with E-state index >= 15 is 0 Å². The molecule has 0 aliphatic heterocycles. The van der Waals surface area contributed by atoms with Crippen molar-refractivity contribution in [2.75, 3.05) is 0 Å². The number of nitrogens with zero attached hydrogens (tertiary/aromatic N) is 1. The summed E-state index contributed by atoms with van der Waals surface area (Å²) < 4.78 is 0. The van der Waals surface area contributed by atoms with Gasteiger partial charge in [-0.15, -0.1) is 0 Å². The van der Waals surface area contributed by atoms with E-state index in [1.165, 1.54) is 19.3 Å². The number of benzene rings is 2. The van der Waals surface area contributed by atoms with E-state index in [9.17, 15) is 5.11 Å². The lowest BCUT2D eigenvalue weighted by molar-refractivity contribution is 0.308. The fourth-order valence-electron chi connectivity index (χ4n) is 3.41. The van der Waals surface area contributed by atoms with Gasteiger partial charge in [0, 0.05) is 17.3 Å². The number of aromatic hydroxyl groups is 1. The molecule has 3 rings (SSSR count). The first-order valence-corrected chi connectivity index (χ1v) is 8.11. The molecule has 22 heavy (non-hydrogen) atoms. The van der Waals surface area contributed by atoms with E-state index in [-0.39, 0.29) is 5.41 Å². The summed E-state index contributed by atoms with van der Waals surface area (Å²) in [7, 11) is 0. The summed E-state index contributed by atoms with van der Waals surface area (Å²) in [5.41, 5.74) is 2.87. The van der Waals surface area contributed by atoms with Crippen LogP contribution in [-0.2, 0) is 5.41 Å². The van der Waals surface area contributed by atoms with Crippen LogP contribution in [0.15, 0.2) is 53.5 Å². The normalized spacial score (nSPS) is 17.7. The van der Waals surface area contributed by atoms with E-state index in [1.54, 1.807) is 6.21 Å². The highest BCUT2D eigenvalue weighted by Crippen LogP contribution is 2.43. The molecule has 0 bridgehead atoms. The first-order valence-electron chi connectivity index (χ1n) is 8.11. The summed E-state index contributed by atoms with van der Waals surface area (Å²) in [6.45, 7) is 2.28. The first-order chi connectivity index (χ1) is 10.7. The van der Waals surface area contributed by atoms with Crippen molar-refractivity contribution in [1.82, 2.24) is 0 Å². The molecular weight excluding hydrogens is 270 g/mol. The maximum absolute atomic E-state index is 10.7. The third-order valence-corrected chi connectivity index (χ3v) is 4.78. The molecule has 2 nitrogen and oxygen atoms in total. The van der Waals surface area contributed by atoms with Gasteiger partial charge in [0.25, 0.3) is 0 Å². The van der Waals surface area contributed by atoms with Crippen molar-refractivity contribution < 1.29 is 5.11 Å². The highest BCUT2D eigenvalue weighted by atomic mass is 16.3. The second-order valence-electron chi connectivity index (χ2n) is 6.46. The standard InChI is InChI=1S/C20H23NO/c1-20(13-6-3-7-14-20)18-12-8-9-16(19(18)22)15-21-17-10-4-2-5-11-17/h2,4-5,8-12,15,22H,3,6-7,13-14H2,1H3. The largest absolute Gasteiger partial charge is 0.507 e. The molecule has 1 aliphatic rings. The number of phenolic OH excluding ortho intramolecular Hbond substituents is 1. The second-order valence-corrected chi connectivity index (χ2v) is 6.46. The molecule has 0 amide bonds. The molecule has 1 saturated carbocycles. The van der Waals surface area contributed by atoms with Crippen molar-refractivity contribution in [2.24, 2.45) is 4.99 Å². The minimum Gasteiger partial charge on any atom is -0.507 e. The molecule has 0 heterocycles. The Morgan fingerprint density at radius 2 is 1.68 bits per heavy atom. The van der Waals surface area contributed by atoms with Crippen molar-refractivity contribution in [3.63, 3.8) is 0 Å². The second kappa shape index (κ2) is 6.35. The summed E-state index contributed by atoms with van der Waals surface area (Å²) >= 11 is 0. The third kappa shape index (κ3) is 3.06. The number of phenols is 1. The van der Waals surface area contributed by atoms with Gasteiger partial charge in [-0.25, -0.2) is 0 Å². The third-order valence-electron chi connectivity index (χ3n) is 4.78. The molecule has 2 aromatic carbocycles. The van der Waals surface area contributed by atoms with Gasteiger partial charge in [-0.2, -0.15) is 0 Å². The monoisotopic (exact) mass is 293 g/mol. The van der Waals surface area contributed by atoms with Crippen LogP contribution >= 0.6 is 0 Å². The van der Waals surface area contributed by atoms with Gasteiger partial charge in [0.05, 0.1) is 5.69 Å². The van der Waals surface area contributed by atoms with Crippen LogP contribution in [-0.4, -0.2) is 11.3 Å². The average Bonchev–Trinajstić information content (AvgIpc) is 2.55. The Kier molecular flexibility index (Phi) is 4.28. The number of para-hydroxylation sites is 2. The molecule has 0 spiro atoms. The van der Waals surface area contributed by atoms with Gasteiger partial charge >= 0.3 is 0 Å². The topological polar surface area (TPSA) is 32.6 Å². The molecule has 1 fully saturated rings. The van der Waals surface area contributed by atoms with Crippen molar-refractivity contribution >= 4 is 11.9 Å². The predicted octanol–water partition coefficient (Wildman–Crippen LogP) is 5.36. The zero-order valence-electron chi connectivity index (χ0n) is 13.1. The van der Waals surface area contributed by atoms with E-state index in [4.69, 9.17) is 0 Å². The predicted molar refractivity (Wildman–Crippen MR) is 92.2 cm³/mol. The van der Waals surface area contributed by atoms with Crippen LogP contribution in [0.3, 0.4) is 0 Å². The van der Waals surface area contributed by atoms with Gasteiger partial charge in [-0.3, -0.25) is 4.99 Å². The first kappa shape index (κ1) is 14.8. The Labute approximate surface area is 132 Å². The van der Waals surface area contributed by atoms with E-state index < -0.39 is 0 Å². The zero-order valence-corrected chi connectivity index (χ0v) is 13.1. The molecule has 1 aliphatic carbocycles. The Balaban J connectivity index is 1.90. The molecule has 114 valence electrons. The van der Waals surface area contributed by atoms with Gasteiger partial charge in [-0.1, -0.05) is 56.5 Å². The zero-order chi connectivity index (χ0) is 15.4. The lowest BCUT2D eigenvalue weighted by atomic mass is 9.70. The van der Waals surface area contributed by atoms with Crippen molar-refractivity contribution in [3.05, 3.63) is 59.7 Å². The number of hydrogen-bond acceptors (Lipinski definition) is 2.